The van der Waals surface area contributed by atoms with Crippen LogP contribution in [0.1, 0.15) is 78.4 Å². The van der Waals surface area contributed by atoms with Gasteiger partial charge in [0.1, 0.15) is 0 Å². The van der Waals surface area contributed by atoms with Crippen LogP contribution in [0.5, 0.6) is 0 Å². The fourth-order valence-electron chi connectivity index (χ4n) is 3.73. The molecule has 0 bridgehead atoms. The maximum absolute atomic E-state index is 12.5. The van der Waals surface area contributed by atoms with Gasteiger partial charge in [0.25, 0.3) is 0 Å². The number of amides is 1. The number of hydrogen-bond acceptors (Lipinski definition) is 3. The van der Waals surface area contributed by atoms with Crippen LogP contribution in [-0.4, -0.2) is 37.0 Å². The van der Waals surface area contributed by atoms with E-state index in [4.69, 9.17) is 0 Å². The minimum atomic E-state index is 0.0435. The molecule has 0 saturated carbocycles. The molecule has 0 unspecified atom stereocenters. The van der Waals surface area contributed by atoms with Crippen LogP contribution >= 0.6 is 0 Å². The van der Waals surface area contributed by atoms with E-state index < -0.39 is 0 Å². The van der Waals surface area contributed by atoms with Gasteiger partial charge in [0.05, 0.1) is 6.54 Å². The number of likely N-dealkylation sites (N-methyl/N-ethyl adjacent to an activating group) is 1. The number of carbonyl (C=O) groups is 1. The summed E-state index contributed by atoms with van der Waals surface area (Å²) >= 11 is 0. The predicted octanol–water partition coefficient (Wildman–Crippen LogP) is 7.41. The van der Waals surface area contributed by atoms with Gasteiger partial charge in [-0.25, -0.2) is 0 Å². The number of nitrogens with zero attached hydrogens (tertiary/aromatic N) is 1. The minimum absolute atomic E-state index is 0.0435. The molecule has 0 aliphatic heterocycles. The molecule has 0 aliphatic carbocycles. The van der Waals surface area contributed by atoms with E-state index in [0.717, 1.165) is 67.8 Å². The summed E-state index contributed by atoms with van der Waals surface area (Å²) in [5, 5.41) is 6.66. The lowest BCUT2D eigenvalue weighted by atomic mass is 10.1. The maximum Gasteiger partial charge on any atom is 0.238 e. The van der Waals surface area contributed by atoms with Crippen molar-refractivity contribution in [1.82, 2.24) is 4.90 Å². The average Bonchev–Trinajstić information content (AvgIpc) is 2.76. The SMILES string of the molecule is CCN(CC)CC(=O)Nc1c(C)ccc(NC/C=C(\C)CC/C=C(\C)CCC=C(C)C)c1C. The molecule has 1 aromatic rings. The molecule has 0 saturated heterocycles. The number of hydrogen-bond donors (Lipinski definition) is 2. The molecule has 0 heterocycles. The Bertz CT molecular complexity index is 841. The molecule has 4 nitrogen and oxygen atoms in total. The highest BCUT2D eigenvalue weighted by Crippen LogP contribution is 2.27. The Morgan fingerprint density at radius 2 is 1.52 bits per heavy atom. The van der Waals surface area contributed by atoms with E-state index in [0.29, 0.717) is 6.54 Å². The molecule has 2 N–H and O–H groups in total. The van der Waals surface area contributed by atoms with Gasteiger partial charge in [-0.3, -0.25) is 9.69 Å². The Balaban J connectivity index is 2.61. The van der Waals surface area contributed by atoms with E-state index in [1.165, 1.54) is 16.7 Å². The quantitative estimate of drug-likeness (QED) is 0.288. The molecule has 1 rings (SSSR count). The first-order valence-electron chi connectivity index (χ1n) is 12.5. The fraction of sp³-hybridized carbons (Fsp3) is 0.552. The van der Waals surface area contributed by atoms with Crippen LogP contribution in [0.25, 0.3) is 0 Å². The van der Waals surface area contributed by atoms with Gasteiger partial charge in [-0.05, 0) is 97.5 Å². The van der Waals surface area contributed by atoms with Crippen LogP contribution in [0.2, 0.25) is 0 Å². The molecule has 1 amide bonds. The van der Waals surface area contributed by atoms with Crippen LogP contribution in [0.3, 0.4) is 0 Å². The first-order valence-corrected chi connectivity index (χ1v) is 12.5. The monoisotopic (exact) mass is 453 g/mol. The van der Waals surface area contributed by atoms with Gasteiger partial charge in [-0.2, -0.15) is 0 Å². The molecular weight excluding hydrogens is 406 g/mol. The summed E-state index contributed by atoms with van der Waals surface area (Å²) in [6, 6.07) is 4.17. The van der Waals surface area contributed by atoms with Crippen molar-refractivity contribution in [1.29, 1.82) is 0 Å². The van der Waals surface area contributed by atoms with E-state index in [1.54, 1.807) is 0 Å². The van der Waals surface area contributed by atoms with Crippen LogP contribution in [0.4, 0.5) is 11.4 Å². The highest BCUT2D eigenvalue weighted by Gasteiger charge is 2.12. The van der Waals surface area contributed by atoms with Crippen LogP contribution < -0.4 is 10.6 Å². The van der Waals surface area contributed by atoms with E-state index in [-0.39, 0.29) is 5.91 Å². The van der Waals surface area contributed by atoms with E-state index >= 15 is 0 Å². The van der Waals surface area contributed by atoms with Gasteiger partial charge in [0.15, 0.2) is 0 Å². The zero-order valence-electron chi connectivity index (χ0n) is 22.4. The lowest BCUT2D eigenvalue weighted by Gasteiger charge is -2.20. The molecule has 0 radical (unpaired) electrons. The number of allylic oxidation sites excluding steroid dienone is 5. The van der Waals surface area contributed by atoms with Crippen LogP contribution in [-0.2, 0) is 4.79 Å². The molecule has 1 aromatic carbocycles. The molecule has 0 spiro atoms. The Kier molecular flexibility index (Phi) is 13.5. The number of anilines is 2. The third-order valence-electron chi connectivity index (χ3n) is 6.07. The average molecular weight is 454 g/mol. The van der Waals surface area contributed by atoms with Crippen molar-refractivity contribution in [2.45, 2.75) is 81.1 Å². The summed E-state index contributed by atoms with van der Waals surface area (Å²) in [5.41, 5.74) is 8.43. The van der Waals surface area contributed by atoms with Crippen molar-refractivity contribution in [3.05, 3.63) is 58.2 Å². The van der Waals surface area contributed by atoms with Gasteiger partial charge < -0.3 is 10.6 Å². The summed E-state index contributed by atoms with van der Waals surface area (Å²) in [6.45, 7) is 20.0. The highest BCUT2D eigenvalue weighted by molar-refractivity contribution is 5.94. The Labute approximate surface area is 203 Å². The first-order chi connectivity index (χ1) is 15.7. The Hall–Kier alpha value is -2.33. The van der Waals surface area contributed by atoms with Gasteiger partial charge in [-0.1, -0.05) is 54.9 Å². The van der Waals surface area contributed by atoms with Crippen molar-refractivity contribution in [2.75, 3.05) is 36.8 Å². The van der Waals surface area contributed by atoms with Crippen LogP contribution in [0, 0.1) is 13.8 Å². The van der Waals surface area contributed by atoms with E-state index in [9.17, 15) is 4.79 Å². The second-order valence-electron chi connectivity index (χ2n) is 9.28. The summed E-state index contributed by atoms with van der Waals surface area (Å²) in [4.78, 5) is 14.6. The topological polar surface area (TPSA) is 44.4 Å². The van der Waals surface area contributed by atoms with Crippen molar-refractivity contribution in [3.63, 3.8) is 0 Å². The van der Waals surface area contributed by atoms with Gasteiger partial charge >= 0.3 is 0 Å². The lowest BCUT2D eigenvalue weighted by Crippen LogP contribution is -2.33. The molecule has 0 aliphatic rings. The third-order valence-corrected chi connectivity index (χ3v) is 6.07. The summed E-state index contributed by atoms with van der Waals surface area (Å²) in [5.74, 6) is 0.0435. The molecule has 184 valence electrons. The third kappa shape index (κ3) is 11.4. The van der Waals surface area contributed by atoms with Crippen LogP contribution in [0.15, 0.2) is 47.1 Å². The summed E-state index contributed by atoms with van der Waals surface area (Å²) in [7, 11) is 0. The van der Waals surface area contributed by atoms with Gasteiger partial charge in [0.2, 0.25) is 5.91 Å². The summed E-state index contributed by atoms with van der Waals surface area (Å²) in [6.07, 6.45) is 11.4. The second-order valence-corrected chi connectivity index (χ2v) is 9.28. The molecule has 0 fully saturated rings. The van der Waals surface area contributed by atoms with Crippen molar-refractivity contribution in [3.8, 4) is 0 Å². The number of aryl methyl sites for hydroxylation is 1. The maximum atomic E-state index is 12.5. The Morgan fingerprint density at radius 1 is 0.909 bits per heavy atom. The molecule has 33 heavy (non-hydrogen) atoms. The van der Waals surface area contributed by atoms with E-state index in [2.05, 4.69) is 94.4 Å². The number of nitrogens with one attached hydrogen (secondary N) is 2. The van der Waals surface area contributed by atoms with Crippen molar-refractivity contribution in [2.24, 2.45) is 0 Å². The second kappa shape index (κ2) is 15.5. The smallest absolute Gasteiger partial charge is 0.238 e. The molecule has 0 atom stereocenters. The first kappa shape index (κ1) is 28.7. The number of benzene rings is 1. The molecule has 0 aromatic heterocycles. The van der Waals surface area contributed by atoms with Gasteiger partial charge in [0, 0.05) is 17.9 Å². The highest BCUT2D eigenvalue weighted by atomic mass is 16.2. The zero-order valence-corrected chi connectivity index (χ0v) is 22.4. The molecule has 4 heteroatoms. The van der Waals surface area contributed by atoms with Crippen molar-refractivity contribution < 1.29 is 4.79 Å². The Morgan fingerprint density at radius 3 is 2.12 bits per heavy atom. The standard InChI is InChI=1S/C29H47N3O/c1-9-32(10-2)21-28(33)31-29-25(7)17-18-27(26(29)8)30-20-19-24(6)16-12-15-23(5)14-11-13-22(3)4/h13,15,17-19,30H,9-12,14,16,20-21H2,1-8H3,(H,31,33)/b23-15+,24-19+. The van der Waals surface area contributed by atoms with Crippen molar-refractivity contribution >= 4 is 17.3 Å². The largest absolute Gasteiger partial charge is 0.381 e. The predicted molar refractivity (Wildman–Crippen MR) is 146 cm³/mol. The number of rotatable bonds is 14. The van der Waals surface area contributed by atoms with Gasteiger partial charge in [-0.15, -0.1) is 0 Å². The minimum Gasteiger partial charge on any atom is -0.381 e. The normalized spacial score (nSPS) is 12.2. The fourth-order valence-corrected chi connectivity index (χ4v) is 3.73. The molecular formula is C29H47N3O. The summed E-state index contributed by atoms with van der Waals surface area (Å²) < 4.78 is 0. The zero-order chi connectivity index (χ0) is 24.8. The van der Waals surface area contributed by atoms with E-state index in [1.807, 2.05) is 6.92 Å². The number of carbonyl (C=O) groups excluding carboxylic acids is 1. The lowest BCUT2D eigenvalue weighted by molar-refractivity contribution is -0.117.